The molecule has 1 aliphatic rings. The molecule has 2 rings (SSSR count). The lowest BCUT2D eigenvalue weighted by molar-refractivity contribution is 0.435. The van der Waals surface area contributed by atoms with Crippen molar-refractivity contribution in [1.29, 1.82) is 5.26 Å². The number of nitrogens with zero attached hydrogens (tertiary/aromatic N) is 3. The Labute approximate surface area is 94.1 Å². The Kier molecular flexibility index (Phi) is 3.17. The van der Waals surface area contributed by atoms with Crippen LogP contribution in [0.1, 0.15) is 49.3 Å². The van der Waals surface area contributed by atoms with E-state index in [0.29, 0.717) is 11.5 Å². The minimum atomic E-state index is 0.285. The highest BCUT2D eigenvalue weighted by atomic mass is 35.5. The molecule has 1 heterocycles. The Morgan fingerprint density at radius 1 is 1.27 bits per heavy atom. The van der Waals surface area contributed by atoms with Crippen molar-refractivity contribution in [1.82, 2.24) is 9.97 Å². The molecule has 1 aromatic heterocycles. The fourth-order valence-corrected chi connectivity index (χ4v) is 2.35. The van der Waals surface area contributed by atoms with Crippen LogP contribution in [-0.2, 0) is 0 Å². The summed E-state index contributed by atoms with van der Waals surface area (Å²) in [5, 5.41) is 9.30. The molecule has 3 nitrogen and oxygen atoms in total. The Morgan fingerprint density at radius 2 is 2.00 bits per heavy atom. The average molecular weight is 222 g/mol. The maximum absolute atomic E-state index is 9.02. The maximum Gasteiger partial charge on any atom is 0.150 e. The molecule has 0 bridgehead atoms. The first-order chi connectivity index (χ1) is 7.33. The topological polar surface area (TPSA) is 49.6 Å². The van der Waals surface area contributed by atoms with Gasteiger partial charge in [-0.05, 0) is 12.8 Å². The summed E-state index contributed by atoms with van der Waals surface area (Å²) in [5.41, 5.74) is 1.31. The predicted molar refractivity (Wildman–Crippen MR) is 57.6 cm³/mol. The molecule has 78 valence electrons. The van der Waals surface area contributed by atoms with E-state index < -0.39 is 0 Å². The zero-order valence-corrected chi connectivity index (χ0v) is 9.17. The van der Waals surface area contributed by atoms with Crippen LogP contribution >= 0.6 is 11.6 Å². The molecule has 15 heavy (non-hydrogen) atoms. The van der Waals surface area contributed by atoms with Crippen LogP contribution < -0.4 is 0 Å². The number of hydrogen-bond donors (Lipinski definition) is 0. The molecule has 1 saturated carbocycles. The Balaban J connectivity index is 2.34. The van der Waals surface area contributed by atoms with Crippen LogP contribution in [0.25, 0.3) is 0 Å². The molecule has 0 aromatic carbocycles. The lowest BCUT2D eigenvalue weighted by atomic mass is 9.85. The van der Waals surface area contributed by atoms with Gasteiger partial charge < -0.3 is 0 Å². The van der Waals surface area contributed by atoms with Gasteiger partial charge in [0.05, 0.1) is 5.69 Å². The highest BCUT2D eigenvalue weighted by molar-refractivity contribution is 6.30. The number of rotatable bonds is 1. The molecule has 0 atom stereocenters. The third-order valence-corrected chi connectivity index (χ3v) is 3.22. The second-order valence-electron chi connectivity index (χ2n) is 3.87. The monoisotopic (exact) mass is 221 g/mol. The molecule has 1 aromatic rings. The normalized spacial score (nSPS) is 17.3. The van der Waals surface area contributed by atoms with Gasteiger partial charge in [-0.25, -0.2) is 9.97 Å². The van der Waals surface area contributed by atoms with Gasteiger partial charge in [0.15, 0.2) is 0 Å². The number of hydrogen-bond acceptors (Lipinski definition) is 3. The van der Waals surface area contributed by atoms with E-state index in [-0.39, 0.29) is 5.15 Å². The number of aromatic nitrogens is 2. The molecular weight excluding hydrogens is 210 g/mol. The summed E-state index contributed by atoms with van der Waals surface area (Å²) in [4.78, 5) is 8.05. The third-order valence-electron chi connectivity index (χ3n) is 2.93. The average Bonchev–Trinajstić information content (AvgIpc) is 2.30. The third kappa shape index (κ3) is 2.10. The second kappa shape index (κ2) is 4.59. The van der Waals surface area contributed by atoms with E-state index in [2.05, 4.69) is 16.0 Å². The van der Waals surface area contributed by atoms with Gasteiger partial charge in [0.25, 0.3) is 0 Å². The zero-order chi connectivity index (χ0) is 10.7. The van der Waals surface area contributed by atoms with Crippen LogP contribution in [0.2, 0.25) is 5.15 Å². The fraction of sp³-hybridized carbons (Fsp3) is 0.545. The zero-order valence-electron chi connectivity index (χ0n) is 8.41. The quantitative estimate of drug-likeness (QED) is 0.685. The first kappa shape index (κ1) is 10.4. The van der Waals surface area contributed by atoms with Gasteiger partial charge in [0.2, 0.25) is 0 Å². The summed E-state index contributed by atoms with van der Waals surface area (Å²) in [5.74, 6) is 0.397. The lowest BCUT2D eigenvalue weighted by Gasteiger charge is -2.21. The number of nitriles is 1. The largest absolute Gasteiger partial charge is 0.240 e. The van der Waals surface area contributed by atoms with Gasteiger partial charge >= 0.3 is 0 Å². The molecule has 1 aliphatic carbocycles. The van der Waals surface area contributed by atoms with E-state index in [0.717, 1.165) is 18.5 Å². The second-order valence-corrected chi connectivity index (χ2v) is 4.23. The van der Waals surface area contributed by atoms with Crippen LogP contribution in [0.4, 0.5) is 0 Å². The summed E-state index contributed by atoms with van der Waals surface area (Å²) in [6, 6.07) is 2.10. The standard InChI is InChI=1S/C11H12ClN3/c12-11-9(6-13)10(14-7-15-11)8-4-2-1-3-5-8/h7-8H,1-5H2. The van der Waals surface area contributed by atoms with Gasteiger partial charge in [-0.3, -0.25) is 0 Å². The Hall–Kier alpha value is -1.14. The molecule has 0 spiro atoms. The van der Waals surface area contributed by atoms with Crippen LogP contribution in [0.5, 0.6) is 0 Å². The molecular formula is C11H12ClN3. The van der Waals surface area contributed by atoms with Crippen LogP contribution in [0.3, 0.4) is 0 Å². The van der Waals surface area contributed by atoms with Crippen LogP contribution in [0, 0.1) is 11.3 Å². The van der Waals surface area contributed by atoms with Gasteiger partial charge in [-0.1, -0.05) is 30.9 Å². The summed E-state index contributed by atoms with van der Waals surface area (Å²) < 4.78 is 0. The van der Waals surface area contributed by atoms with E-state index in [1.54, 1.807) is 0 Å². The van der Waals surface area contributed by atoms with Gasteiger partial charge in [-0.15, -0.1) is 0 Å². The molecule has 0 saturated heterocycles. The fourth-order valence-electron chi connectivity index (χ4n) is 2.17. The molecule has 0 radical (unpaired) electrons. The van der Waals surface area contributed by atoms with Crippen molar-refractivity contribution in [3.8, 4) is 6.07 Å². The molecule has 0 aliphatic heterocycles. The van der Waals surface area contributed by atoms with E-state index in [1.807, 2.05) is 0 Å². The molecule has 1 fully saturated rings. The Bertz CT molecular complexity index is 391. The lowest BCUT2D eigenvalue weighted by Crippen LogP contribution is -2.09. The van der Waals surface area contributed by atoms with Crippen molar-refractivity contribution in [3.05, 3.63) is 22.7 Å². The maximum atomic E-state index is 9.02. The van der Waals surface area contributed by atoms with Gasteiger partial charge in [0.1, 0.15) is 23.1 Å². The van der Waals surface area contributed by atoms with E-state index in [1.165, 1.54) is 25.6 Å². The van der Waals surface area contributed by atoms with Crippen molar-refractivity contribution in [3.63, 3.8) is 0 Å². The summed E-state index contributed by atoms with van der Waals surface area (Å²) in [6.07, 6.45) is 7.41. The van der Waals surface area contributed by atoms with Crippen molar-refractivity contribution in [2.24, 2.45) is 0 Å². The molecule has 0 unspecified atom stereocenters. The van der Waals surface area contributed by atoms with Gasteiger partial charge in [0, 0.05) is 5.92 Å². The first-order valence-corrected chi connectivity index (χ1v) is 5.61. The van der Waals surface area contributed by atoms with Gasteiger partial charge in [-0.2, -0.15) is 5.26 Å². The Morgan fingerprint density at radius 3 is 2.67 bits per heavy atom. The van der Waals surface area contributed by atoms with Crippen LogP contribution in [-0.4, -0.2) is 9.97 Å². The minimum Gasteiger partial charge on any atom is -0.240 e. The molecule has 4 heteroatoms. The SMILES string of the molecule is N#Cc1c(Cl)ncnc1C1CCCCC1. The molecule has 0 N–H and O–H groups in total. The molecule has 0 amide bonds. The smallest absolute Gasteiger partial charge is 0.150 e. The summed E-state index contributed by atoms with van der Waals surface area (Å²) >= 11 is 5.88. The first-order valence-electron chi connectivity index (χ1n) is 5.23. The van der Waals surface area contributed by atoms with E-state index >= 15 is 0 Å². The highest BCUT2D eigenvalue weighted by Gasteiger charge is 2.21. The van der Waals surface area contributed by atoms with E-state index in [9.17, 15) is 0 Å². The van der Waals surface area contributed by atoms with Crippen molar-refractivity contribution in [2.45, 2.75) is 38.0 Å². The van der Waals surface area contributed by atoms with Crippen molar-refractivity contribution in [2.75, 3.05) is 0 Å². The minimum absolute atomic E-state index is 0.285. The highest BCUT2D eigenvalue weighted by Crippen LogP contribution is 2.34. The number of halogens is 1. The van der Waals surface area contributed by atoms with E-state index in [4.69, 9.17) is 16.9 Å². The van der Waals surface area contributed by atoms with Crippen molar-refractivity contribution < 1.29 is 0 Å². The van der Waals surface area contributed by atoms with Crippen LogP contribution in [0.15, 0.2) is 6.33 Å². The van der Waals surface area contributed by atoms with Crippen molar-refractivity contribution >= 4 is 11.6 Å². The predicted octanol–water partition coefficient (Wildman–Crippen LogP) is 3.05. The summed E-state index contributed by atoms with van der Waals surface area (Å²) in [6.45, 7) is 0. The summed E-state index contributed by atoms with van der Waals surface area (Å²) in [7, 11) is 0.